The Hall–Kier alpha value is -3.50. The van der Waals surface area contributed by atoms with Crippen molar-refractivity contribution in [1.29, 1.82) is 10.5 Å². The van der Waals surface area contributed by atoms with Crippen LogP contribution in [0.1, 0.15) is 18.4 Å². The van der Waals surface area contributed by atoms with Gasteiger partial charge in [0.1, 0.15) is 34.2 Å². The minimum Gasteiger partial charge on any atom is -0.384 e. The molecule has 3 aromatic rings. The number of rotatable bonds is 3. The van der Waals surface area contributed by atoms with Crippen molar-refractivity contribution >= 4 is 44.1 Å². The summed E-state index contributed by atoms with van der Waals surface area (Å²) in [5, 5.41) is 22.6. The second kappa shape index (κ2) is 7.02. The Morgan fingerprint density at radius 1 is 1.30 bits per heavy atom. The van der Waals surface area contributed by atoms with Gasteiger partial charge in [0, 0.05) is 25.4 Å². The number of hydrogen-bond donors (Lipinski definition) is 2. The van der Waals surface area contributed by atoms with Crippen LogP contribution in [0.5, 0.6) is 0 Å². The van der Waals surface area contributed by atoms with Crippen molar-refractivity contribution in [3.63, 3.8) is 0 Å². The molecular formula is C17H15N9S. The van der Waals surface area contributed by atoms with Gasteiger partial charge in [-0.05, 0) is 12.8 Å². The van der Waals surface area contributed by atoms with Crippen LogP contribution in [0.3, 0.4) is 0 Å². The highest BCUT2D eigenvalue weighted by Crippen LogP contribution is 2.37. The Morgan fingerprint density at radius 3 is 2.96 bits per heavy atom. The third-order valence-corrected chi connectivity index (χ3v) is 5.46. The minimum absolute atomic E-state index is 0.000846. The van der Waals surface area contributed by atoms with E-state index in [0.29, 0.717) is 35.1 Å². The molecule has 0 radical (unpaired) electrons. The lowest BCUT2D eigenvalue weighted by Crippen LogP contribution is -2.34. The Balaban J connectivity index is 1.74. The van der Waals surface area contributed by atoms with E-state index in [1.807, 2.05) is 0 Å². The molecule has 0 aromatic carbocycles. The predicted molar refractivity (Wildman–Crippen MR) is 102 cm³/mol. The zero-order valence-corrected chi connectivity index (χ0v) is 15.1. The van der Waals surface area contributed by atoms with E-state index in [-0.39, 0.29) is 5.92 Å². The van der Waals surface area contributed by atoms with E-state index in [0.717, 1.165) is 29.2 Å². The van der Waals surface area contributed by atoms with E-state index in [2.05, 4.69) is 42.3 Å². The van der Waals surface area contributed by atoms with Gasteiger partial charge in [0.15, 0.2) is 10.9 Å². The van der Waals surface area contributed by atoms with Crippen LogP contribution in [0.25, 0.3) is 10.2 Å². The molecule has 0 aliphatic carbocycles. The Morgan fingerprint density at radius 2 is 2.19 bits per heavy atom. The lowest BCUT2D eigenvalue weighted by Gasteiger charge is -2.28. The first-order chi connectivity index (χ1) is 13.2. The normalized spacial score (nSPS) is 16.7. The number of nitriles is 2. The highest BCUT2D eigenvalue weighted by Gasteiger charge is 2.24. The Bertz CT molecular complexity index is 1080. The van der Waals surface area contributed by atoms with Gasteiger partial charge in [0.2, 0.25) is 0 Å². The summed E-state index contributed by atoms with van der Waals surface area (Å²) < 4.78 is 0.764. The van der Waals surface area contributed by atoms with Crippen molar-refractivity contribution in [1.82, 2.24) is 19.9 Å². The van der Waals surface area contributed by atoms with E-state index >= 15 is 0 Å². The Kier molecular flexibility index (Phi) is 4.40. The zero-order chi connectivity index (χ0) is 18.8. The van der Waals surface area contributed by atoms with Gasteiger partial charge < -0.3 is 16.0 Å². The van der Waals surface area contributed by atoms with Crippen LogP contribution in [0.2, 0.25) is 0 Å². The minimum atomic E-state index is 0.000846. The lowest BCUT2D eigenvalue weighted by molar-refractivity contribution is 0.493. The van der Waals surface area contributed by atoms with Crippen LogP contribution in [0.15, 0.2) is 18.6 Å². The van der Waals surface area contributed by atoms with E-state index in [4.69, 9.17) is 5.73 Å². The number of nitrogens with zero attached hydrogens (tertiary/aromatic N) is 7. The monoisotopic (exact) mass is 377 g/mol. The van der Waals surface area contributed by atoms with Crippen LogP contribution in [-0.2, 0) is 0 Å². The largest absolute Gasteiger partial charge is 0.384 e. The molecule has 9 nitrogen and oxygen atoms in total. The number of anilines is 4. The number of aromatic nitrogens is 4. The fourth-order valence-electron chi connectivity index (χ4n) is 3.03. The van der Waals surface area contributed by atoms with Crippen LogP contribution in [-0.4, -0.2) is 33.0 Å². The first-order valence-electron chi connectivity index (χ1n) is 8.36. The smallest absolute Gasteiger partial charge is 0.186 e. The van der Waals surface area contributed by atoms with Gasteiger partial charge >= 0.3 is 0 Å². The lowest BCUT2D eigenvalue weighted by atomic mass is 10.0. The van der Waals surface area contributed by atoms with Crippen LogP contribution in [0.4, 0.5) is 22.6 Å². The standard InChI is InChI=1S/C17H15N9S/c18-5-10-2-1-3-26(8-10)17-25-14-11(6-19)7-21-16(15(14)27-17)24-13-4-12(20)22-9-23-13/h4,7,9-10H,1-3,8H2,(H3,20,21,22,23,24). The maximum atomic E-state index is 9.41. The summed E-state index contributed by atoms with van der Waals surface area (Å²) in [6, 6.07) is 6.09. The van der Waals surface area contributed by atoms with Crippen molar-refractivity contribution in [3.05, 3.63) is 24.2 Å². The topological polar surface area (TPSA) is 140 Å². The van der Waals surface area contributed by atoms with Crippen molar-refractivity contribution in [2.24, 2.45) is 5.92 Å². The van der Waals surface area contributed by atoms with Gasteiger partial charge in [-0.3, -0.25) is 0 Å². The van der Waals surface area contributed by atoms with E-state index in [9.17, 15) is 10.5 Å². The fraction of sp³-hybridized carbons (Fsp3) is 0.294. The highest BCUT2D eigenvalue weighted by atomic mass is 32.1. The molecule has 134 valence electrons. The summed E-state index contributed by atoms with van der Waals surface area (Å²) in [6.07, 6.45) is 4.72. The number of nitrogens with two attached hydrogens (primary N) is 1. The molecule has 1 fully saturated rings. The third kappa shape index (κ3) is 3.30. The summed E-state index contributed by atoms with van der Waals surface area (Å²) in [5.74, 6) is 1.41. The molecule has 4 rings (SSSR count). The highest BCUT2D eigenvalue weighted by molar-refractivity contribution is 7.22. The summed E-state index contributed by atoms with van der Waals surface area (Å²) >= 11 is 1.45. The van der Waals surface area contributed by atoms with Crippen LogP contribution >= 0.6 is 11.3 Å². The van der Waals surface area contributed by atoms with Crippen molar-refractivity contribution in [2.75, 3.05) is 29.0 Å². The third-order valence-electron chi connectivity index (χ3n) is 4.34. The average molecular weight is 377 g/mol. The summed E-state index contributed by atoms with van der Waals surface area (Å²) in [7, 11) is 0. The number of nitrogen functional groups attached to an aromatic ring is 1. The molecule has 4 heterocycles. The molecule has 1 atom stereocenters. The molecule has 0 bridgehead atoms. The van der Waals surface area contributed by atoms with Gasteiger partial charge in [-0.2, -0.15) is 10.5 Å². The second-order valence-corrected chi connectivity index (χ2v) is 7.15. The average Bonchev–Trinajstić information content (AvgIpc) is 3.14. The number of fused-ring (bicyclic) bond motifs is 1. The van der Waals surface area contributed by atoms with E-state index in [1.54, 1.807) is 6.07 Å². The van der Waals surface area contributed by atoms with Gasteiger partial charge in [-0.1, -0.05) is 11.3 Å². The van der Waals surface area contributed by atoms with Gasteiger partial charge in [-0.25, -0.2) is 19.9 Å². The second-order valence-electron chi connectivity index (χ2n) is 6.17. The number of thiazole rings is 1. The molecule has 10 heteroatoms. The molecule has 0 saturated carbocycles. The van der Waals surface area contributed by atoms with Crippen molar-refractivity contribution < 1.29 is 0 Å². The van der Waals surface area contributed by atoms with Gasteiger partial charge in [0.05, 0.1) is 17.6 Å². The number of hydrogen-bond acceptors (Lipinski definition) is 10. The predicted octanol–water partition coefficient (Wildman–Crippen LogP) is 2.42. The first kappa shape index (κ1) is 16.9. The number of nitrogens with one attached hydrogen (secondary N) is 1. The van der Waals surface area contributed by atoms with Gasteiger partial charge in [-0.15, -0.1) is 0 Å². The molecule has 0 spiro atoms. The van der Waals surface area contributed by atoms with Crippen molar-refractivity contribution in [2.45, 2.75) is 12.8 Å². The van der Waals surface area contributed by atoms with Crippen molar-refractivity contribution in [3.8, 4) is 12.1 Å². The molecule has 3 aromatic heterocycles. The van der Waals surface area contributed by atoms with Crippen LogP contribution in [0, 0.1) is 28.6 Å². The van der Waals surface area contributed by atoms with E-state index < -0.39 is 0 Å². The van der Waals surface area contributed by atoms with Crippen LogP contribution < -0.4 is 16.0 Å². The summed E-state index contributed by atoms with van der Waals surface area (Å²) in [5.41, 5.74) is 6.71. The molecule has 1 aliphatic rings. The number of pyridine rings is 1. The quantitative estimate of drug-likeness (QED) is 0.703. The summed E-state index contributed by atoms with van der Waals surface area (Å²) in [4.78, 5) is 19.1. The molecule has 1 saturated heterocycles. The van der Waals surface area contributed by atoms with Gasteiger partial charge in [0.25, 0.3) is 0 Å². The SMILES string of the molecule is N#Cc1cnc(Nc2cc(N)ncn2)c2sc(N3CCCC(C#N)C3)nc12. The van der Waals surface area contributed by atoms with E-state index in [1.165, 1.54) is 23.9 Å². The fourth-order valence-corrected chi connectivity index (χ4v) is 4.09. The Labute approximate surface area is 159 Å². The first-order valence-corrected chi connectivity index (χ1v) is 9.18. The number of piperidine rings is 1. The molecule has 1 unspecified atom stereocenters. The summed E-state index contributed by atoms with van der Waals surface area (Å²) in [6.45, 7) is 1.50. The molecule has 1 aliphatic heterocycles. The zero-order valence-electron chi connectivity index (χ0n) is 14.3. The molecule has 0 amide bonds. The maximum absolute atomic E-state index is 9.41. The maximum Gasteiger partial charge on any atom is 0.186 e. The molecule has 3 N–H and O–H groups in total. The molecular weight excluding hydrogens is 362 g/mol. The molecule has 27 heavy (non-hydrogen) atoms.